The Balaban J connectivity index is 1.90. The predicted octanol–water partition coefficient (Wildman–Crippen LogP) is 4.40. The van der Waals surface area contributed by atoms with E-state index in [1.54, 1.807) is 19.2 Å². The Kier molecular flexibility index (Phi) is 5.17. The SMILES string of the molecule is C=C(C(=O)OCC)c1cn(C(=O)OCc2ccccc2)c2ccccc12. The minimum atomic E-state index is -0.520. The molecule has 0 saturated carbocycles. The Morgan fingerprint density at radius 3 is 2.42 bits per heavy atom. The summed E-state index contributed by atoms with van der Waals surface area (Å²) in [5.74, 6) is -0.506. The topological polar surface area (TPSA) is 57.5 Å². The Morgan fingerprint density at radius 1 is 1.00 bits per heavy atom. The molecule has 0 spiro atoms. The molecule has 132 valence electrons. The van der Waals surface area contributed by atoms with Gasteiger partial charge in [-0.05, 0) is 18.6 Å². The van der Waals surface area contributed by atoms with E-state index in [9.17, 15) is 9.59 Å². The van der Waals surface area contributed by atoms with Crippen molar-refractivity contribution in [1.82, 2.24) is 4.57 Å². The van der Waals surface area contributed by atoms with Crippen molar-refractivity contribution < 1.29 is 19.1 Å². The first kappa shape index (κ1) is 17.5. The van der Waals surface area contributed by atoms with E-state index in [4.69, 9.17) is 9.47 Å². The highest BCUT2D eigenvalue weighted by molar-refractivity contribution is 6.20. The van der Waals surface area contributed by atoms with Crippen LogP contribution in [-0.4, -0.2) is 23.2 Å². The molecule has 5 nitrogen and oxygen atoms in total. The van der Waals surface area contributed by atoms with E-state index in [1.165, 1.54) is 4.57 Å². The van der Waals surface area contributed by atoms with Crippen molar-refractivity contribution >= 4 is 28.5 Å². The number of carbonyl (C=O) groups excluding carboxylic acids is 2. The molecule has 0 N–H and O–H groups in total. The van der Waals surface area contributed by atoms with Gasteiger partial charge >= 0.3 is 12.1 Å². The van der Waals surface area contributed by atoms with Gasteiger partial charge in [-0.2, -0.15) is 0 Å². The van der Waals surface area contributed by atoms with Crippen LogP contribution in [0.3, 0.4) is 0 Å². The van der Waals surface area contributed by atoms with Crippen LogP contribution < -0.4 is 0 Å². The first-order valence-electron chi connectivity index (χ1n) is 8.29. The minimum absolute atomic E-state index is 0.167. The van der Waals surface area contributed by atoms with Gasteiger partial charge in [-0.1, -0.05) is 55.1 Å². The summed E-state index contributed by atoms with van der Waals surface area (Å²) in [4.78, 5) is 24.6. The van der Waals surface area contributed by atoms with E-state index in [0.717, 1.165) is 10.9 Å². The van der Waals surface area contributed by atoms with Gasteiger partial charge in [-0.25, -0.2) is 9.59 Å². The summed E-state index contributed by atoms with van der Waals surface area (Å²) in [6.45, 7) is 5.98. The van der Waals surface area contributed by atoms with Gasteiger partial charge in [0, 0.05) is 17.1 Å². The second-order valence-corrected chi connectivity index (χ2v) is 5.67. The Labute approximate surface area is 151 Å². The van der Waals surface area contributed by atoms with E-state index in [1.807, 2.05) is 48.5 Å². The second-order valence-electron chi connectivity index (χ2n) is 5.67. The summed E-state index contributed by atoms with van der Waals surface area (Å²) in [7, 11) is 0. The molecule has 3 aromatic rings. The molecular weight excluding hydrogens is 330 g/mol. The van der Waals surface area contributed by atoms with Crippen molar-refractivity contribution in [2.24, 2.45) is 0 Å². The third kappa shape index (κ3) is 3.52. The molecule has 0 aliphatic heterocycles. The zero-order valence-corrected chi connectivity index (χ0v) is 14.5. The number of carbonyl (C=O) groups is 2. The fourth-order valence-corrected chi connectivity index (χ4v) is 2.69. The van der Waals surface area contributed by atoms with Gasteiger partial charge in [-0.15, -0.1) is 0 Å². The number of ether oxygens (including phenoxy) is 2. The molecule has 26 heavy (non-hydrogen) atoms. The highest BCUT2D eigenvalue weighted by atomic mass is 16.5. The average molecular weight is 349 g/mol. The maximum atomic E-state index is 12.6. The number of fused-ring (bicyclic) bond motifs is 1. The molecule has 3 rings (SSSR count). The largest absolute Gasteiger partial charge is 0.462 e. The van der Waals surface area contributed by atoms with Gasteiger partial charge in [0.15, 0.2) is 0 Å². The summed E-state index contributed by atoms with van der Waals surface area (Å²) >= 11 is 0. The van der Waals surface area contributed by atoms with Crippen LogP contribution in [0, 0.1) is 0 Å². The number of para-hydroxylation sites is 1. The van der Waals surface area contributed by atoms with Crippen molar-refractivity contribution in [3.8, 4) is 0 Å². The van der Waals surface area contributed by atoms with Crippen LogP contribution in [0.1, 0.15) is 18.1 Å². The molecule has 0 bridgehead atoms. The number of esters is 1. The number of rotatable bonds is 5. The van der Waals surface area contributed by atoms with Crippen LogP contribution in [0.4, 0.5) is 4.79 Å². The van der Waals surface area contributed by atoms with Crippen LogP contribution in [0.25, 0.3) is 16.5 Å². The zero-order chi connectivity index (χ0) is 18.5. The second kappa shape index (κ2) is 7.70. The molecule has 0 aliphatic carbocycles. The normalized spacial score (nSPS) is 10.5. The fraction of sp³-hybridized carbons (Fsp3) is 0.143. The lowest BCUT2D eigenvalue weighted by Crippen LogP contribution is -2.12. The number of benzene rings is 2. The molecule has 1 heterocycles. The lowest BCUT2D eigenvalue weighted by molar-refractivity contribution is -0.136. The van der Waals surface area contributed by atoms with Gasteiger partial charge in [0.25, 0.3) is 0 Å². The van der Waals surface area contributed by atoms with E-state index in [2.05, 4.69) is 6.58 Å². The van der Waals surface area contributed by atoms with Crippen LogP contribution in [0.2, 0.25) is 0 Å². The molecule has 0 aliphatic rings. The van der Waals surface area contributed by atoms with E-state index in [0.29, 0.717) is 11.1 Å². The molecule has 2 aromatic carbocycles. The zero-order valence-electron chi connectivity index (χ0n) is 14.5. The van der Waals surface area contributed by atoms with Crippen LogP contribution in [0.15, 0.2) is 67.4 Å². The van der Waals surface area contributed by atoms with Gasteiger partial charge < -0.3 is 9.47 Å². The lowest BCUT2D eigenvalue weighted by Gasteiger charge is -2.06. The summed E-state index contributed by atoms with van der Waals surface area (Å²) in [5, 5.41) is 0.738. The van der Waals surface area contributed by atoms with Crippen molar-refractivity contribution in [3.05, 3.63) is 78.5 Å². The smallest absolute Gasteiger partial charge is 0.418 e. The number of hydrogen-bond acceptors (Lipinski definition) is 4. The molecule has 0 saturated heterocycles. The van der Waals surface area contributed by atoms with E-state index in [-0.39, 0.29) is 18.8 Å². The molecular formula is C21H19NO4. The Morgan fingerprint density at radius 2 is 1.69 bits per heavy atom. The molecule has 1 aromatic heterocycles. The summed E-state index contributed by atoms with van der Waals surface area (Å²) in [6.07, 6.45) is 1.05. The highest BCUT2D eigenvalue weighted by Gasteiger charge is 2.20. The monoisotopic (exact) mass is 349 g/mol. The quantitative estimate of drug-likeness (QED) is 0.506. The molecule has 0 radical (unpaired) electrons. The average Bonchev–Trinajstić information content (AvgIpc) is 3.06. The first-order chi connectivity index (χ1) is 12.6. The third-order valence-electron chi connectivity index (χ3n) is 3.96. The third-order valence-corrected chi connectivity index (χ3v) is 3.96. The summed E-state index contributed by atoms with van der Waals surface area (Å²) in [6, 6.07) is 16.7. The van der Waals surface area contributed by atoms with Crippen molar-refractivity contribution in [1.29, 1.82) is 0 Å². The summed E-state index contributed by atoms with van der Waals surface area (Å²) in [5.41, 5.74) is 2.30. The van der Waals surface area contributed by atoms with Gasteiger partial charge in [0.05, 0.1) is 17.7 Å². The predicted molar refractivity (Wildman–Crippen MR) is 99.6 cm³/mol. The first-order valence-corrected chi connectivity index (χ1v) is 8.29. The lowest BCUT2D eigenvalue weighted by atomic mass is 10.1. The van der Waals surface area contributed by atoms with Gasteiger partial charge in [-0.3, -0.25) is 4.57 Å². The number of hydrogen-bond donors (Lipinski definition) is 0. The molecule has 0 unspecified atom stereocenters. The van der Waals surface area contributed by atoms with Crippen LogP contribution >= 0.6 is 0 Å². The molecule has 0 atom stereocenters. The maximum absolute atomic E-state index is 12.6. The van der Waals surface area contributed by atoms with Gasteiger partial charge in [0.1, 0.15) is 6.61 Å². The van der Waals surface area contributed by atoms with Gasteiger partial charge in [0.2, 0.25) is 0 Å². The Hall–Kier alpha value is -3.34. The highest BCUT2D eigenvalue weighted by Crippen LogP contribution is 2.27. The molecule has 0 amide bonds. The minimum Gasteiger partial charge on any atom is -0.462 e. The fourth-order valence-electron chi connectivity index (χ4n) is 2.69. The van der Waals surface area contributed by atoms with E-state index < -0.39 is 12.1 Å². The summed E-state index contributed by atoms with van der Waals surface area (Å²) < 4.78 is 11.8. The van der Waals surface area contributed by atoms with Crippen molar-refractivity contribution in [2.45, 2.75) is 13.5 Å². The number of nitrogens with zero attached hydrogens (tertiary/aromatic N) is 1. The van der Waals surface area contributed by atoms with Crippen LogP contribution in [0.5, 0.6) is 0 Å². The van der Waals surface area contributed by atoms with Crippen molar-refractivity contribution in [2.75, 3.05) is 6.61 Å². The maximum Gasteiger partial charge on any atom is 0.418 e. The molecule has 0 fully saturated rings. The standard InChI is InChI=1S/C21H19NO4/c1-3-25-20(23)15(2)18-13-22(19-12-8-7-11-17(18)19)21(24)26-14-16-9-5-4-6-10-16/h4-13H,2-3,14H2,1H3. The van der Waals surface area contributed by atoms with E-state index >= 15 is 0 Å². The Bertz CT molecular complexity index is 957. The van der Waals surface area contributed by atoms with Crippen LogP contribution in [-0.2, 0) is 20.9 Å². The molecule has 5 heteroatoms. The van der Waals surface area contributed by atoms with Crippen molar-refractivity contribution in [3.63, 3.8) is 0 Å². The number of aromatic nitrogens is 1.